The summed E-state index contributed by atoms with van der Waals surface area (Å²) in [5.41, 5.74) is 0. The molecule has 0 N–H and O–H groups in total. The van der Waals surface area contributed by atoms with E-state index in [1.165, 1.54) is 12.8 Å². The maximum atomic E-state index is 4.03. The first-order valence-corrected chi connectivity index (χ1v) is 6.87. The van der Waals surface area contributed by atoms with Crippen molar-refractivity contribution in [3.05, 3.63) is 6.33 Å². The van der Waals surface area contributed by atoms with Gasteiger partial charge in [0.05, 0.1) is 0 Å². The van der Waals surface area contributed by atoms with Crippen molar-refractivity contribution in [3.8, 4) is 0 Å². The van der Waals surface area contributed by atoms with Crippen molar-refractivity contribution in [3.63, 3.8) is 0 Å². The molecule has 14 heavy (non-hydrogen) atoms. The molecule has 0 bridgehead atoms. The molecule has 0 aliphatic carbocycles. The molecule has 5 heteroatoms. The molecule has 80 valence electrons. The predicted molar refractivity (Wildman–Crippen MR) is 63.9 cm³/mol. The van der Waals surface area contributed by atoms with Crippen molar-refractivity contribution >= 4 is 27.7 Å². The van der Waals surface area contributed by atoms with Gasteiger partial charge in [0.2, 0.25) is 0 Å². The standard InChI is InChI=1S/C9H16BrN3S/c1-8(3-5-10)4-6-14-9-12-11-7-13(9)2/h7-8H,3-6H2,1-2H3. The third-order valence-electron chi connectivity index (χ3n) is 2.11. The Balaban J connectivity index is 2.19. The first-order chi connectivity index (χ1) is 6.74. The van der Waals surface area contributed by atoms with Gasteiger partial charge < -0.3 is 4.57 Å². The maximum absolute atomic E-state index is 4.03. The van der Waals surface area contributed by atoms with Crippen LogP contribution in [0, 0.1) is 5.92 Å². The van der Waals surface area contributed by atoms with E-state index in [9.17, 15) is 0 Å². The second-order valence-electron chi connectivity index (χ2n) is 3.44. The molecule has 1 heterocycles. The number of hydrogen-bond donors (Lipinski definition) is 0. The van der Waals surface area contributed by atoms with Crippen LogP contribution in [0.2, 0.25) is 0 Å². The molecule has 0 radical (unpaired) electrons. The summed E-state index contributed by atoms with van der Waals surface area (Å²) in [5.74, 6) is 1.91. The van der Waals surface area contributed by atoms with E-state index in [2.05, 4.69) is 33.1 Å². The van der Waals surface area contributed by atoms with E-state index in [0.717, 1.165) is 22.2 Å². The van der Waals surface area contributed by atoms with Gasteiger partial charge in [-0.1, -0.05) is 34.6 Å². The number of hydrogen-bond acceptors (Lipinski definition) is 3. The van der Waals surface area contributed by atoms with Crippen molar-refractivity contribution in [2.75, 3.05) is 11.1 Å². The summed E-state index contributed by atoms with van der Waals surface area (Å²) in [6.45, 7) is 2.29. The fourth-order valence-electron chi connectivity index (χ4n) is 1.09. The fraction of sp³-hybridized carbons (Fsp3) is 0.778. The largest absolute Gasteiger partial charge is 0.312 e. The lowest BCUT2D eigenvalue weighted by molar-refractivity contribution is 0.554. The third kappa shape index (κ3) is 4.00. The first kappa shape index (κ1) is 12.0. The Kier molecular flexibility index (Phi) is 5.55. The molecule has 0 aliphatic heterocycles. The minimum absolute atomic E-state index is 0.787. The Hall–Kier alpha value is -0.0300. The summed E-state index contributed by atoms with van der Waals surface area (Å²) in [6.07, 6.45) is 4.23. The van der Waals surface area contributed by atoms with E-state index < -0.39 is 0 Å². The Labute approximate surface area is 97.8 Å². The van der Waals surface area contributed by atoms with Gasteiger partial charge in [-0.3, -0.25) is 0 Å². The van der Waals surface area contributed by atoms with Crippen LogP contribution >= 0.6 is 27.7 Å². The summed E-state index contributed by atoms with van der Waals surface area (Å²) in [7, 11) is 1.98. The van der Waals surface area contributed by atoms with Crippen LogP contribution in [0.4, 0.5) is 0 Å². The first-order valence-electron chi connectivity index (χ1n) is 4.76. The van der Waals surface area contributed by atoms with Gasteiger partial charge in [-0.25, -0.2) is 0 Å². The van der Waals surface area contributed by atoms with E-state index >= 15 is 0 Å². The van der Waals surface area contributed by atoms with Crippen LogP contribution in [0.25, 0.3) is 0 Å². The predicted octanol–water partition coefficient (Wildman–Crippen LogP) is 2.72. The number of rotatable bonds is 6. The molecule has 0 saturated heterocycles. The Morgan fingerprint density at radius 1 is 1.57 bits per heavy atom. The lowest BCUT2D eigenvalue weighted by Gasteiger charge is -2.07. The minimum atomic E-state index is 0.787. The number of halogens is 1. The lowest BCUT2D eigenvalue weighted by Crippen LogP contribution is -1.98. The summed E-state index contributed by atoms with van der Waals surface area (Å²) in [6, 6.07) is 0. The van der Waals surface area contributed by atoms with Crippen LogP contribution in [0.1, 0.15) is 19.8 Å². The van der Waals surface area contributed by atoms with Crippen molar-refractivity contribution in [1.29, 1.82) is 0 Å². The molecule has 0 amide bonds. The van der Waals surface area contributed by atoms with E-state index in [0.29, 0.717) is 0 Å². The summed E-state index contributed by atoms with van der Waals surface area (Å²) in [5, 5.41) is 9.98. The van der Waals surface area contributed by atoms with Crippen molar-refractivity contribution in [1.82, 2.24) is 14.8 Å². The van der Waals surface area contributed by atoms with Crippen molar-refractivity contribution < 1.29 is 0 Å². The van der Waals surface area contributed by atoms with Gasteiger partial charge in [-0.05, 0) is 18.8 Å². The highest BCUT2D eigenvalue weighted by atomic mass is 79.9. The molecule has 1 aromatic rings. The molecular formula is C9H16BrN3S. The number of nitrogens with zero attached hydrogens (tertiary/aromatic N) is 3. The molecule has 1 aromatic heterocycles. The number of alkyl halides is 1. The number of aryl methyl sites for hydroxylation is 1. The monoisotopic (exact) mass is 277 g/mol. The lowest BCUT2D eigenvalue weighted by atomic mass is 10.1. The maximum Gasteiger partial charge on any atom is 0.190 e. The quantitative estimate of drug-likeness (QED) is 0.592. The van der Waals surface area contributed by atoms with E-state index in [1.54, 1.807) is 18.1 Å². The highest BCUT2D eigenvalue weighted by Gasteiger charge is 2.04. The topological polar surface area (TPSA) is 30.7 Å². The summed E-state index contributed by atoms with van der Waals surface area (Å²) >= 11 is 5.24. The highest BCUT2D eigenvalue weighted by Crippen LogP contribution is 2.18. The average Bonchev–Trinajstić information content (AvgIpc) is 2.52. The summed E-state index contributed by atoms with van der Waals surface area (Å²) in [4.78, 5) is 0. The molecule has 0 spiro atoms. The normalized spacial score (nSPS) is 13.1. The average molecular weight is 278 g/mol. The second-order valence-corrected chi connectivity index (χ2v) is 5.30. The van der Waals surface area contributed by atoms with Gasteiger partial charge in [-0.15, -0.1) is 10.2 Å². The third-order valence-corrected chi connectivity index (χ3v) is 3.64. The van der Waals surface area contributed by atoms with E-state index in [-0.39, 0.29) is 0 Å². The molecule has 1 rings (SSSR count). The molecule has 1 atom stereocenters. The van der Waals surface area contributed by atoms with Crippen molar-refractivity contribution in [2.24, 2.45) is 13.0 Å². The Morgan fingerprint density at radius 2 is 2.36 bits per heavy atom. The van der Waals surface area contributed by atoms with Gasteiger partial charge in [0, 0.05) is 18.1 Å². The zero-order chi connectivity index (χ0) is 10.4. The highest BCUT2D eigenvalue weighted by molar-refractivity contribution is 9.09. The molecule has 0 fully saturated rings. The van der Waals surface area contributed by atoms with Crippen LogP contribution in [-0.2, 0) is 7.05 Å². The zero-order valence-electron chi connectivity index (χ0n) is 8.61. The van der Waals surface area contributed by atoms with E-state index in [4.69, 9.17) is 0 Å². The Bertz CT molecular complexity index is 264. The van der Waals surface area contributed by atoms with Crippen LogP contribution in [-0.4, -0.2) is 25.8 Å². The van der Waals surface area contributed by atoms with Crippen LogP contribution < -0.4 is 0 Å². The fourth-order valence-corrected chi connectivity index (χ4v) is 2.93. The smallest absolute Gasteiger partial charge is 0.190 e. The molecule has 0 saturated carbocycles. The molecule has 0 aromatic carbocycles. The van der Waals surface area contributed by atoms with Crippen LogP contribution in [0.3, 0.4) is 0 Å². The zero-order valence-corrected chi connectivity index (χ0v) is 11.0. The summed E-state index contributed by atoms with van der Waals surface area (Å²) < 4.78 is 1.96. The van der Waals surface area contributed by atoms with Gasteiger partial charge in [-0.2, -0.15) is 0 Å². The second kappa shape index (κ2) is 6.45. The molecule has 1 unspecified atom stereocenters. The number of aromatic nitrogens is 3. The number of thioether (sulfide) groups is 1. The van der Waals surface area contributed by atoms with Crippen LogP contribution in [0.15, 0.2) is 11.5 Å². The SMILES string of the molecule is CC(CCBr)CCSc1nncn1C. The van der Waals surface area contributed by atoms with Gasteiger partial charge in [0.25, 0.3) is 0 Å². The Morgan fingerprint density at radius 3 is 2.93 bits per heavy atom. The molecular weight excluding hydrogens is 262 g/mol. The van der Waals surface area contributed by atoms with Crippen LogP contribution in [0.5, 0.6) is 0 Å². The van der Waals surface area contributed by atoms with Gasteiger partial charge >= 0.3 is 0 Å². The minimum Gasteiger partial charge on any atom is -0.312 e. The van der Waals surface area contributed by atoms with Gasteiger partial charge in [0.15, 0.2) is 5.16 Å². The van der Waals surface area contributed by atoms with Crippen molar-refractivity contribution in [2.45, 2.75) is 24.9 Å². The van der Waals surface area contributed by atoms with Gasteiger partial charge in [0.1, 0.15) is 6.33 Å². The van der Waals surface area contributed by atoms with E-state index in [1.807, 2.05) is 11.6 Å². The molecule has 3 nitrogen and oxygen atoms in total. The molecule has 0 aliphatic rings.